The summed E-state index contributed by atoms with van der Waals surface area (Å²) in [5.41, 5.74) is 2.01. The van der Waals surface area contributed by atoms with Gasteiger partial charge in [0.05, 0.1) is 24.8 Å². The molecule has 2 heterocycles. The van der Waals surface area contributed by atoms with Crippen LogP contribution in [-0.2, 0) is 30.1 Å². The summed E-state index contributed by atoms with van der Waals surface area (Å²) in [7, 11) is -1.92. The summed E-state index contributed by atoms with van der Waals surface area (Å²) < 4.78 is 31.1. The van der Waals surface area contributed by atoms with Crippen LogP contribution in [0.2, 0.25) is 0 Å². The van der Waals surface area contributed by atoms with Gasteiger partial charge in [-0.15, -0.1) is 0 Å². The van der Waals surface area contributed by atoms with E-state index in [0.29, 0.717) is 13.1 Å². The van der Waals surface area contributed by atoms with Crippen molar-refractivity contribution in [3.63, 3.8) is 0 Å². The van der Waals surface area contributed by atoms with Crippen molar-refractivity contribution in [1.29, 1.82) is 0 Å². The molecular formula is C15H19N4O5S+. The van der Waals surface area contributed by atoms with Gasteiger partial charge >= 0.3 is 16.1 Å². The molecule has 9 nitrogen and oxygen atoms in total. The van der Waals surface area contributed by atoms with Gasteiger partial charge in [0.1, 0.15) is 18.9 Å². The molecule has 0 unspecified atom stereocenters. The third-order valence-corrected chi connectivity index (χ3v) is 4.58. The van der Waals surface area contributed by atoms with Gasteiger partial charge in [-0.05, 0) is 12.0 Å². The van der Waals surface area contributed by atoms with E-state index in [-0.39, 0.29) is 11.7 Å². The lowest BCUT2D eigenvalue weighted by atomic mass is 10.1. The molecule has 0 spiro atoms. The van der Waals surface area contributed by atoms with Crippen LogP contribution in [0, 0.1) is 10.1 Å². The Morgan fingerprint density at radius 3 is 2.80 bits per heavy atom. The van der Waals surface area contributed by atoms with E-state index in [4.69, 9.17) is 4.18 Å². The number of nitrogens with zero attached hydrogens (tertiary/aromatic N) is 4. The number of nitro benzene ring substituents is 1. The average Bonchev–Trinajstić information content (AvgIpc) is 3.08. The molecular weight excluding hydrogens is 348 g/mol. The van der Waals surface area contributed by atoms with E-state index in [1.54, 1.807) is 40.7 Å². The largest absolute Gasteiger partial charge is 0.471 e. The van der Waals surface area contributed by atoms with E-state index < -0.39 is 15.0 Å². The maximum Gasteiger partial charge on any atom is 0.471 e. The molecule has 10 heteroatoms. The normalized spacial score (nSPS) is 13.8. The molecule has 0 amide bonds. The number of non-ortho nitro benzene ring substituents is 1. The van der Waals surface area contributed by atoms with Crippen LogP contribution in [0.5, 0.6) is 6.01 Å². The highest BCUT2D eigenvalue weighted by molar-refractivity contribution is 7.86. The van der Waals surface area contributed by atoms with Gasteiger partial charge in [0.2, 0.25) is 0 Å². The Hall–Kier alpha value is -2.62. The summed E-state index contributed by atoms with van der Waals surface area (Å²) in [6.45, 7) is 1.85. The van der Waals surface area contributed by atoms with E-state index >= 15 is 0 Å². The molecule has 25 heavy (non-hydrogen) atoms. The Morgan fingerprint density at radius 1 is 1.36 bits per heavy atom. The molecule has 0 radical (unpaired) electrons. The Bertz CT molecular complexity index is 922. The first-order chi connectivity index (χ1) is 11.7. The van der Waals surface area contributed by atoms with Crippen molar-refractivity contribution in [1.82, 2.24) is 4.57 Å². The lowest BCUT2D eigenvalue weighted by Crippen LogP contribution is -2.32. The summed E-state index contributed by atoms with van der Waals surface area (Å²) in [5.74, 6) is 0. The summed E-state index contributed by atoms with van der Waals surface area (Å²) in [6.07, 6.45) is 5.29. The van der Waals surface area contributed by atoms with Gasteiger partial charge in [-0.25, -0.2) is 0 Å². The molecule has 3 rings (SSSR count). The fourth-order valence-electron chi connectivity index (χ4n) is 2.93. The second-order valence-electron chi connectivity index (χ2n) is 5.98. The first-order valence-electron chi connectivity index (χ1n) is 7.71. The van der Waals surface area contributed by atoms with Gasteiger partial charge in [-0.3, -0.25) is 10.1 Å². The highest BCUT2D eigenvalue weighted by atomic mass is 32.2. The Morgan fingerprint density at radius 2 is 2.12 bits per heavy atom. The van der Waals surface area contributed by atoms with Gasteiger partial charge in [-0.1, -0.05) is 6.07 Å². The summed E-state index contributed by atoms with van der Waals surface area (Å²) in [5, 5.41) is 11.0. The maximum atomic E-state index is 11.4. The molecule has 134 valence electrons. The van der Waals surface area contributed by atoms with E-state index in [1.165, 1.54) is 6.07 Å². The first-order valence-corrected chi connectivity index (χ1v) is 9.53. The zero-order chi connectivity index (χ0) is 18.2. The quantitative estimate of drug-likeness (QED) is 0.321. The van der Waals surface area contributed by atoms with Crippen molar-refractivity contribution >= 4 is 21.5 Å². The number of aryl methyl sites for hydroxylation is 1. The van der Waals surface area contributed by atoms with Crippen LogP contribution in [0.15, 0.2) is 30.6 Å². The number of hydrogen-bond acceptors (Lipinski definition) is 6. The van der Waals surface area contributed by atoms with E-state index in [1.807, 2.05) is 0 Å². The molecule has 1 aliphatic rings. The van der Waals surface area contributed by atoms with Crippen LogP contribution >= 0.6 is 0 Å². The van der Waals surface area contributed by atoms with Crippen LogP contribution in [0.1, 0.15) is 5.56 Å². The Balaban J connectivity index is 1.77. The third kappa shape index (κ3) is 3.73. The zero-order valence-electron chi connectivity index (χ0n) is 14.0. The van der Waals surface area contributed by atoms with Crippen molar-refractivity contribution in [3.05, 3.63) is 46.3 Å². The lowest BCUT2D eigenvalue weighted by molar-refractivity contribution is -0.674. The minimum atomic E-state index is -3.62. The van der Waals surface area contributed by atoms with Crippen molar-refractivity contribution in [2.75, 3.05) is 24.2 Å². The fourth-order valence-corrected chi connectivity index (χ4v) is 3.42. The fraction of sp³-hybridized carbons (Fsp3) is 0.400. The molecule has 0 saturated heterocycles. The highest BCUT2D eigenvalue weighted by Gasteiger charge is 2.25. The van der Waals surface area contributed by atoms with Crippen molar-refractivity contribution < 1.29 is 22.1 Å². The summed E-state index contributed by atoms with van der Waals surface area (Å²) in [6, 6.07) is 5.13. The van der Waals surface area contributed by atoms with Gasteiger partial charge < -0.3 is 9.08 Å². The maximum absolute atomic E-state index is 11.4. The van der Waals surface area contributed by atoms with Crippen LogP contribution in [0.3, 0.4) is 0 Å². The van der Waals surface area contributed by atoms with Crippen molar-refractivity contribution in [2.24, 2.45) is 7.05 Å². The molecule has 1 aromatic heterocycles. The number of imidazole rings is 1. The first kappa shape index (κ1) is 17.2. The van der Waals surface area contributed by atoms with Gasteiger partial charge in [0, 0.05) is 24.4 Å². The third-order valence-electron chi connectivity index (χ3n) is 4.13. The monoisotopic (exact) mass is 367 g/mol. The number of hydrogen-bond donors (Lipinski definition) is 0. The lowest BCUT2D eigenvalue weighted by Gasteiger charge is -2.18. The number of fused-ring (bicyclic) bond motifs is 1. The Labute approximate surface area is 145 Å². The average molecular weight is 367 g/mol. The van der Waals surface area contributed by atoms with Crippen LogP contribution in [0.25, 0.3) is 0 Å². The van der Waals surface area contributed by atoms with Crippen molar-refractivity contribution in [3.8, 4) is 6.01 Å². The number of nitro groups is 1. The highest BCUT2D eigenvalue weighted by Crippen LogP contribution is 2.31. The van der Waals surface area contributed by atoms with Crippen LogP contribution < -0.4 is 13.7 Å². The predicted molar refractivity (Wildman–Crippen MR) is 90.1 cm³/mol. The van der Waals surface area contributed by atoms with E-state index in [0.717, 1.165) is 30.5 Å². The standard InChI is InChI=1S/C15H19N4O5S/c1-16-7-8-18(15(16)24-25(2,22)23)10-9-17-6-5-12-3-4-13(19(20)21)11-14(12)17/h3-4,7-8,11H,5-6,9-10H2,1-2H3/q+1. The van der Waals surface area contributed by atoms with Gasteiger partial charge in [0.25, 0.3) is 5.69 Å². The molecule has 2 aromatic rings. The van der Waals surface area contributed by atoms with E-state index in [2.05, 4.69) is 4.90 Å². The van der Waals surface area contributed by atoms with E-state index in [9.17, 15) is 18.5 Å². The van der Waals surface area contributed by atoms with Crippen molar-refractivity contribution in [2.45, 2.75) is 13.0 Å². The zero-order valence-corrected chi connectivity index (χ0v) is 14.8. The molecule has 0 fully saturated rings. The number of benzene rings is 1. The molecule has 0 bridgehead atoms. The molecule has 0 saturated carbocycles. The smallest absolute Gasteiger partial charge is 0.367 e. The molecule has 0 aliphatic carbocycles. The summed E-state index contributed by atoms with van der Waals surface area (Å²) >= 11 is 0. The second kappa shape index (κ2) is 6.36. The topological polar surface area (TPSA) is 98.6 Å². The molecule has 0 atom stereocenters. The summed E-state index contributed by atoms with van der Waals surface area (Å²) in [4.78, 5) is 12.6. The minimum absolute atomic E-state index is 0.0686. The minimum Gasteiger partial charge on any atom is -0.367 e. The van der Waals surface area contributed by atoms with Crippen LogP contribution in [-0.4, -0.2) is 37.3 Å². The predicted octanol–water partition coefficient (Wildman–Crippen LogP) is 0.622. The Kier molecular flexibility index (Phi) is 4.38. The second-order valence-corrected chi connectivity index (χ2v) is 7.55. The molecule has 1 aliphatic heterocycles. The number of aromatic nitrogens is 2. The SMILES string of the molecule is C[n+]1ccn(CCN2CCc3ccc([N+](=O)[O-])cc32)c1OS(C)(=O)=O. The van der Waals surface area contributed by atoms with Crippen LogP contribution in [0.4, 0.5) is 11.4 Å². The number of rotatable bonds is 6. The van der Waals surface area contributed by atoms with Gasteiger partial charge in [0.15, 0.2) is 0 Å². The van der Waals surface area contributed by atoms with Gasteiger partial charge in [-0.2, -0.15) is 17.6 Å². The molecule has 0 N–H and O–H groups in total. The molecule has 1 aromatic carbocycles. The number of anilines is 1.